The van der Waals surface area contributed by atoms with Crippen molar-refractivity contribution < 1.29 is 23.0 Å². The van der Waals surface area contributed by atoms with Crippen LogP contribution in [0.15, 0.2) is 41.6 Å². The Balaban J connectivity index is 1.46. The lowest BCUT2D eigenvalue weighted by atomic mass is 9.85. The van der Waals surface area contributed by atoms with E-state index < -0.39 is 17.7 Å². The molecule has 3 rings (SSSR count). The number of ketones is 1. The largest absolute Gasteiger partial charge is 0.490 e. The second-order valence-corrected chi connectivity index (χ2v) is 8.25. The summed E-state index contributed by atoms with van der Waals surface area (Å²) in [6.07, 6.45) is 2.23. The Bertz CT molecular complexity index is 961. The van der Waals surface area contributed by atoms with E-state index in [4.69, 9.17) is 9.47 Å². The van der Waals surface area contributed by atoms with Gasteiger partial charge in [0.05, 0.1) is 13.2 Å². The molecule has 33 heavy (non-hydrogen) atoms. The predicted molar refractivity (Wildman–Crippen MR) is 122 cm³/mol. The Kier molecular flexibility index (Phi) is 8.88. The van der Waals surface area contributed by atoms with E-state index in [1.165, 1.54) is 13.0 Å². The van der Waals surface area contributed by atoms with Crippen molar-refractivity contribution in [1.29, 1.82) is 0 Å². The molecule has 178 valence electrons. The van der Waals surface area contributed by atoms with Crippen molar-refractivity contribution >= 4 is 5.78 Å². The number of piperidine rings is 1. The number of carbonyl (C=O) groups is 1. The molecule has 8 heteroatoms. The molecule has 0 amide bonds. The minimum absolute atomic E-state index is 0.0277. The summed E-state index contributed by atoms with van der Waals surface area (Å²) >= 11 is 0. The molecule has 1 saturated heterocycles. The molecule has 0 spiro atoms. The first-order valence-electron chi connectivity index (χ1n) is 11.3. The molecule has 1 atom stereocenters. The highest BCUT2D eigenvalue weighted by Crippen LogP contribution is 2.35. The second kappa shape index (κ2) is 11.8. The van der Waals surface area contributed by atoms with Crippen LogP contribution in [0.3, 0.4) is 0 Å². The first-order valence-corrected chi connectivity index (χ1v) is 11.3. The molecule has 1 aliphatic heterocycles. The van der Waals surface area contributed by atoms with E-state index in [1.54, 1.807) is 18.2 Å². The molecular formula is C25H30F2N2O4. The lowest BCUT2D eigenvalue weighted by Crippen LogP contribution is -2.36. The summed E-state index contributed by atoms with van der Waals surface area (Å²) in [6, 6.07) is 7.67. The first kappa shape index (κ1) is 24.8. The molecule has 0 aliphatic carbocycles. The molecule has 1 heterocycles. The molecule has 0 N–H and O–H groups in total. The number of nitroso groups, excluding NO2 is 1. The molecule has 2 aromatic carbocycles. The van der Waals surface area contributed by atoms with Gasteiger partial charge in [-0.3, -0.25) is 4.79 Å². The molecule has 6 nitrogen and oxygen atoms in total. The van der Waals surface area contributed by atoms with Gasteiger partial charge < -0.3 is 14.4 Å². The summed E-state index contributed by atoms with van der Waals surface area (Å²) in [5.41, 5.74) is 0.747. The van der Waals surface area contributed by atoms with Crippen molar-refractivity contribution in [2.24, 2.45) is 11.1 Å². The lowest BCUT2D eigenvalue weighted by Gasteiger charge is -2.33. The van der Waals surface area contributed by atoms with Crippen molar-refractivity contribution in [3.63, 3.8) is 0 Å². The van der Waals surface area contributed by atoms with Crippen LogP contribution >= 0.6 is 0 Å². The zero-order valence-corrected chi connectivity index (χ0v) is 19.1. The number of ether oxygens (including phenoxy) is 2. The summed E-state index contributed by atoms with van der Waals surface area (Å²) < 4.78 is 38.8. The average molecular weight is 461 g/mol. The summed E-state index contributed by atoms with van der Waals surface area (Å²) in [6.45, 7) is 6.74. The second-order valence-electron chi connectivity index (χ2n) is 8.25. The van der Waals surface area contributed by atoms with Crippen LogP contribution < -0.4 is 9.47 Å². The monoisotopic (exact) mass is 460 g/mol. The maximum Gasteiger partial charge on any atom is 0.161 e. The smallest absolute Gasteiger partial charge is 0.161 e. The fourth-order valence-corrected chi connectivity index (χ4v) is 4.22. The Morgan fingerprint density at radius 2 is 1.88 bits per heavy atom. The Morgan fingerprint density at radius 1 is 1.12 bits per heavy atom. The van der Waals surface area contributed by atoms with Crippen LogP contribution in [0.4, 0.5) is 8.78 Å². The highest BCUT2D eigenvalue weighted by atomic mass is 19.1. The highest BCUT2D eigenvalue weighted by molar-refractivity contribution is 5.94. The highest BCUT2D eigenvalue weighted by Gasteiger charge is 2.30. The van der Waals surface area contributed by atoms with E-state index >= 15 is 0 Å². The van der Waals surface area contributed by atoms with Crippen LogP contribution in [0.25, 0.3) is 0 Å². The molecule has 1 fully saturated rings. The van der Waals surface area contributed by atoms with Crippen molar-refractivity contribution in [3.8, 4) is 11.5 Å². The number of likely N-dealkylation sites (tertiary alicyclic amines) is 1. The molecule has 0 radical (unpaired) electrons. The van der Waals surface area contributed by atoms with Gasteiger partial charge in [0, 0.05) is 23.7 Å². The van der Waals surface area contributed by atoms with Crippen molar-refractivity contribution in [2.75, 3.05) is 32.8 Å². The topological polar surface area (TPSA) is 68.2 Å². The SMILES string of the molecule is CCOc1cc(C(C)=O)ccc1OCCCN1CCC(C(N=O)c2ccc(F)cc2F)CC1. The molecular weight excluding hydrogens is 430 g/mol. The Hall–Kier alpha value is -2.87. The van der Waals surface area contributed by atoms with Gasteiger partial charge in [0.1, 0.15) is 17.7 Å². The molecule has 2 aromatic rings. The molecule has 1 unspecified atom stereocenters. The summed E-state index contributed by atoms with van der Waals surface area (Å²) in [7, 11) is 0. The maximum atomic E-state index is 14.1. The van der Waals surface area contributed by atoms with Gasteiger partial charge in [0.2, 0.25) is 0 Å². The quantitative estimate of drug-likeness (QED) is 0.250. The van der Waals surface area contributed by atoms with Gasteiger partial charge in [-0.25, -0.2) is 8.78 Å². The van der Waals surface area contributed by atoms with Gasteiger partial charge in [-0.05, 0) is 76.4 Å². The number of carbonyl (C=O) groups excluding carboxylic acids is 1. The van der Waals surface area contributed by atoms with E-state index in [1.807, 2.05) is 6.92 Å². The zero-order valence-electron chi connectivity index (χ0n) is 19.1. The van der Waals surface area contributed by atoms with E-state index in [9.17, 15) is 18.5 Å². The Morgan fingerprint density at radius 3 is 2.52 bits per heavy atom. The molecule has 1 aliphatic rings. The molecule has 0 saturated carbocycles. The number of hydrogen-bond donors (Lipinski definition) is 0. The Labute approximate surface area is 192 Å². The number of benzene rings is 2. The normalized spacial score (nSPS) is 15.8. The molecule has 0 aromatic heterocycles. The van der Waals surface area contributed by atoms with E-state index in [0.717, 1.165) is 51.0 Å². The molecule has 0 bridgehead atoms. The third kappa shape index (κ3) is 6.57. The fraction of sp³-hybridized carbons (Fsp3) is 0.480. The summed E-state index contributed by atoms with van der Waals surface area (Å²) in [5.74, 6) is -0.306. The van der Waals surface area contributed by atoms with E-state index in [0.29, 0.717) is 30.3 Å². The first-order chi connectivity index (χ1) is 15.9. The van der Waals surface area contributed by atoms with Gasteiger partial charge in [-0.15, -0.1) is 0 Å². The fourth-order valence-electron chi connectivity index (χ4n) is 4.22. The minimum Gasteiger partial charge on any atom is -0.490 e. The van der Waals surface area contributed by atoms with E-state index in [-0.39, 0.29) is 17.3 Å². The summed E-state index contributed by atoms with van der Waals surface area (Å²) in [4.78, 5) is 25.3. The van der Waals surface area contributed by atoms with Crippen molar-refractivity contribution in [1.82, 2.24) is 4.90 Å². The van der Waals surface area contributed by atoms with Gasteiger partial charge in [0.25, 0.3) is 0 Å². The van der Waals surface area contributed by atoms with Crippen molar-refractivity contribution in [2.45, 2.75) is 39.2 Å². The van der Waals surface area contributed by atoms with Crippen LogP contribution in [0, 0.1) is 22.5 Å². The van der Waals surface area contributed by atoms with Crippen molar-refractivity contribution in [3.05, 3.63) is 64.1 Å². The van der Waals surface area contributed by atoms with Crippen LogP contribution in [0.5, 0.6) is 11.5 Å². The third-order valence-electron chi connectivity index (χ3n) is 6.00. The summed E-state index contributed by atoms with van der Waals surface area (Å²) in [5, 5.41) is 3.16. The van der Waals surface area contributed by atoms with Gasteiger partial charge in [-0.1, -0.05) is 11.2 Å². The third-order valence-corrected chi connectivity index (χ3v) is 6.00. The number of Topliss-reactive ketones (excluding diaryl/α,β-unsaturated/α-hetero) is 1. The van der Waals surface area contributed by atoms with Crippen LogP contribution in [-0.4, -0.2) is 43.5 Å². The number of nitrogens with zero attached hydrogens (tertiary/aromatic N) is 2. The van der Waals surface area contributed by atoms with Crippen LogP contribution in [-0.2, 0) is 0 Å². The number of halogens is 2. The maximum absolute atomic E-state index is 14.1. The predicted octanol–water partition coefficient (Wildman–Crippen LogP) is 5.55. The number of hydrogen-bond acceptors (Lipinski definition) is 6. The lowest BCUT2D eigenvalue weighted by molar-refractivity contribution is 0.101. The van der Waals surface area contributed by atoms with Crippen LogP contribution in [0.1, 0.15) is 55.1 Å². The van der Waals surface area contributed by atoms with E-state index in [2.05, 4.69) is 10.1 Å². The zero-order chi connectivity index (χ0) is 23.8. The van der Waals surface area contributed by atoms with Gasteiger partial charge >= 0.3 is 0 Å². The van der Waals surface area contributed by atoms with Gasteiger partial charge in [-0.2, -0.15) is 4.91 Å². The number of rotatable bonds is 11. The van der Waals surface area contributed by atoms with Gasteiger partial charge in [0.15, 0.2) is 17.3 Å². The minimum atomic E-state index is -0.800. The standard InChI is InChI=1S/C25H30F2N2O4/c1-3-32-24-15-19(17(2)30)5-8-23(24)33-14-4-11-29-12-9-18(10-13-29)25(28-31)21-7-6-20(26)16-22(21)27/h5-8,15-16,18,25H,3-4,9-14H2,1-2H3. The average Bonchev–Trinajstić information content (AvgIpc) is 2.80. The van der Waals surface area contributed by atoms with Crippen LogP contribution in [0.2, 0.25) is 0 Å².